The van der Waals surface area contributed by atoms with Gasteiger partial charge in [-0.1, -0.05) is 12.1 Å². The third-order valence-electron chi connectivity index (χ3n) is 3.43. The summed E-state index contributed by atoms with van der Waals surface area (Å²) in [6.07, 6.45) is 6.35. The van der Waals surface area contributed by atoms with Crippen molar-refractivity contribution in [3.63, 3.8) is 0 Å². The molecule has 0 unspecified atom stereocenters. The van der Waals surface area contributed by atoms with Gasteiger partial charge in [-0.25, -0.2) is 9.67 Å². The van der Waals surface area contributed by atoms with Crippen LogP contribution in [0.3, 0.4) is 0 Å². The predicted octanol–water partition coefficient (Wildman–Crippen LogP) is 0.976. The summed E-state index contributed by atoms with van der Waals surface area (Å²) >= 11 is 0. The van der Waals surface area contributed by atoms with Crippen LogP contribution in [0, 0.1) is 0 Å². The van der Waals surface area contributed by atoms with Crippen LogP contribution < -0.4 is 10.6 Å². The summed E-state index contributed by atoms with van der Waals surface area (Å²) < 4.78 is 1.69. The van der Waals surface area contributed by atoms with Crippen LogP contribution in [0.25, 0.3) is 0 Å². The molecule has 8 heteroatoms. The molecule has 0 spiro atoms. The molecule has 126 valence electrons. The van der Waals surface area contributed by atoms with E-state index in [4.69, 9.17) is 0 Å². The highest BCUT2D eigenvalue weighted by Crippen LogP contribution is 2.10. The molecule has 2 N–H and O–H groups in total. The molecule has 0 aliphatic rings. The Labute approximate surface area is 143 Å². The molecule has 0 aliphatic heterocycles. The van der Waals surface area contributed by atoms with Crippen LogP contribution in [0.1, 0.15) is 11.1 Å². The number of hydrogen-bond acceptors (Lipinski definition) is 5. The number of rotatable bonds is 5. The summed E-state index contributed by atoms with van der Waals surface area (Å²) in [6.45, 7) is 0.853. The molecule has 0 saturated carbocycles. The fourth-order valence-electron chi connectivity index (χ4n) is 2.15. The first-order valence-electron chi connectivity index (χ1n) is 7.60. The van der Waals surface area contributed by atoms with Crippen LogP contribution in [0.4, 0.5) is 5.69 Å². The van der Waals surface area contributed by atoms with Gasteiger partial charge in [-0.05, 0) is 35.4 Å². The topological polar surface area (TPSA) is 102 Å². The van der Waals surface area contributed by atoms with Gasteiger partial charge in [0, 0.05) is 24.6 Å². The minimum Gasteiger partial charge on any atom is -0.344 e. The Morgan fingerprint density at radius 3 is 2.36 bits per heavy atom. The first kappa shape index (κ1) is 16.3. The highest BCUT2D eigenvalue weighted by molar-refractivity contribution is 6.39. The van der Waals surface area contributed by atoms with E-state index in [1.165, 1.54) is 6.33 Å². The van der Waals surface area contributed by atoms with Gasteiger partial charge in [0.2, 0.25) is 0 Å². The molecule has 0 atom stereocenters. The Balaban J connectivity index is 1.51. The third kappa shape index (κ3) is 4.71. The molecule has 1 aromatic carbocycles. The second-order valence-corrected chi connectivity index (χ2v) is 5.28. The molecule has 0 aliphatic carbocycles. The zero-order valence-corrected chi connectivity index (χ0v) is 13.3. The number of nitrogens with one attached hydrogen (secondary N) is 2. The molecule has 2 amide bonds. The van der Waals surface area contributed by atoms with Gasteiger partial charge in [-0.2, -0.15) is 5.10 Å². The quantitative estimate of drug-likeness (QED) is 0.676. The molecular formula is C17H16N6O2. The summed E-state index contributed by atoms with van der Waals surface area (Å²) in [4.78, 5) is 31.5. The average Bonchev–Trinajstić information content (AvgIpc) is 3.15. The lowest BCUT2D eigenvalue weighted by Gasteiger charge is -2.07. The molecule has 0 saturated heterocycles. The van der Waals surface area contributed by atoms with Crippen molar-refractivity contribution in [2.45, 2.75) is 13.1 Å². The van der Waals surface area contributed by atoms with Crippen molar-refractivity contribution >= 4 is 17.5 Å². The number of pyridine rings is 1. The summed E-state index contributed by atoms with van der Waals surface area (Å²) in [7, 11) is 0. The van der Waals surface area contributed by atoms with Crippen molar-refractivity contribution in [1.82, 2.24) is 25.1 Å². The number of benzene rings is 1. The molecule has 0 radical (unpaired) electrons. The fourth-order valence-corrected chi connectivity index (χ4v) is 2.15. The van der Waals surface area contributed by atoms with Crippen molar-refractivity contribution in [2.24, 2.45) is 0 Å². The number of nitrogens with zero attached hydrogens (tertiary/aromatic N) is 4. The van der Waals surface area contributed by atoms with Gasteiger partial charge in [-0.3, -0.25) is 14.6 Å². The Morgan fingerprint density at radius 1 is 0.920 bits per heavy atom. The largest absolute Gasteiger partial charge is 0.344 e. The normalized spacial score (nSPS) is 10.2. The van der Waals surface area contributed by atoms with E-state index >= 15 is 0 Å². The molecule has 8 nitrogen and oxygen atoms in total. The van der Waals surface area contributed by atoms with Crippen molar-refractivity contribution in [1.29, 1.82) is 0 Å². The standard InChI is InChI=1S/C17H16N6O2/c24-16(20-9-13-5-7-18-8-6-13)17(25)22-15-3-1-14(2-4-15)10-23-12-19-11-21-23/h1-8,11-12H,9-10H2,(H,20,24)(H,22,25). The van der Waals surface area contributed by atoms with E-state index in [9.17, 15) is 9.59 Å². The van der Waals surface area contributed by atoms with E-state index < -0.39 is 11.8 Å². The first-order valence-corrected chi connectivity index (χ1v) is 7.60. The van der Waals surface area contributed by atoms with E-state index in [0.717, 1.165) is 11.1 Å². The number of carbonyl (C=O) groups excluding carboxylic acids is 2. The molecule has 2 aromatic heterocycles. The summed E-state index contributed by atoms with van der Waals surface area (Å²) in [5, 5.41) is 9.16. The summed E-state index contributed by atoms with van der Waals surface area (Å²) in [5.41, 5.74) is 2.42. The smallest absolute Gasteiger partial charge is 0.313 e. The van der Waals surface area contributed by atoms with Crippen molar-refractivity contribution in [3.8, 4) is 0 Å². The highest BCUT2D eigenvalue weighted by atomic mass is 16.2. The fraction of sp³-hybridized carbons (Fsp3) is 0.118. The molecular weight excluding hydrogens is 320 g/mol. The molecule has 25 heavy (non-hydrogen) atoms. The maximum Gasteiger partial charge on any atom is 0.313 e. The Kier molecular flexibility index (Phi) is 5.10. The Hall–Kier alpha value is -3.55. The Morgan fingerprint density at radius 2 is 1.68 bits per heavy atom. The second-order valence-electron chi connectivity index (χ2n) is 5.28. The van der Waals surface area contributed by atoms with E-state index in [-0.39, 0.29) is 6.54 Å². The van der Waals surface area contributed by atoms with Gasteiger partial charge in [0.15, 0.2) is 0 Å². The van der Waals surface area contributed by atoms with Gasteiger partial charge in [0.25, 0.3) is 0 Å². The lowest BCUT2D eigenvalue weighted by Crippen LogP contribution is -2.34. The van der Waals surface area contributed by atoms with Crippen molar-refractivity contribution < 1.29 is 9.59 Å². The van der Waals surface area contributed by atoms with Gasteiger partial charge < -0.3 is 10.6 Å². The van der Waals surface area contributed by atoms with E-state index in [1.54, 1.807) is 47.7 Å². The monoisotopic (exact) mass is 336 g/mol. The zero-order chi connectivity index (χ0) is 17.5. The van der Waals surface area contributed by atoms with Gasteiger partial charge in [-0.15, -0.1) is 0 Å². The zero-order valence-electron chi connectivity index (χ0n) is 13.3. The molecule has 3 rings (SSSR count). The van der Waals surface area contributed by atoms with Crippen LogP contribution in [-0.2, 0) is 22.7 Å². The van der Waals surface area contributed by atoms with Gasteiger partial charge in [0.1, 0.15) is 12.7 Å². The maximum absolute atomic E-state index is 11.9. The van der Waals surface area contributed by atoms with Crippen LogP contribution in [-0.4, -0.2) is 31.6 Å². The second kappa shape index (κ2) is 7.82. The van der Waals surface area contributed by atoms with E-state index in [1.807, 2.05) is 12.1 Å². The number of hydrogen-bond donors (Lipinski definition) is 2. The minimum atomic E-state index is -0.710. The van der Waals surface area contributed by atoms with Crippen molar-refractivity contribution in [3.05, 3.63) is 72.6 Å². The number of carbonyl (C=O) groups is 2. The predicted molar refractivity (Wildman–Crippen MR) is 90.3 cm³/mol. The average molecular weight is 336 g/mol. The highest BCUT2D eigenvalue weighted by Gasteiger charge is 2.13. The summed E-state index contributed by atoms with van der Waals surface area (Å²) in [5.74, 6) is -1.40. The minimum absolute atomic E-state index is 0.269. The van der Waals surface area contributed by atoms with Crippen LogP contribution in [0.5, 0.6) is 0 Å². The number of anilines is 1. The maximum atomic E-state index is 11.9. The first-order chi connectivity index (χ1) is 12.2. The number of amides is 2. The molecule has 2 heterocycles. The lowest BCUT2D eigenvalue weighted by atomic mass is 10.2. The van der Waals surface area contributed by atoms with E-state index in [2.05, 4.69) is 25.7 Å². The van der Waals surface area contributed by atoms with Gasteiger partial charge >= 0.3 is 11.8 Å². The van der Waals surface area contributed by atoms with Crippen LogP contribution in [0.15, 0.2) is 61.4 Å². The van der Waals surface area contributed by atoms with Crippen molar-refractivity contribution in [2.75, 3.05) is 5.32 Å². The van der Waals surface area contributed by atoms with Crippen LogP contribution in [0.2, 0.25) is 0 Å². The Bertz CT molecular complexity index is 831. The SMILES string of the molecule is O=C(NCc1ccncc1)C(=O)Nc1ccc(Cn2cncn2)cc1. The van der Waals surface area contributed by atoms with E-state index in [0.29, 0.717) is 12.2 Å². The molecule has 3 aromatic rings. The third-order valence-corrected chi connectivity index (χ3v) is 3.43. The van der Waals surface area contributed by atoms with Gasteiger partial charge in [0.05, 0.1) is 6.54 Å². The lowest BCUT2D eigenvalue weighted by molar-refractivity contribution is -0.136. The molecule has 0 fully saturated rings. The molecule has 0 bridgehead atoms. The summed E-state index contributed by atoms with van der Waals surface area (Å²) in [6, 6.07) is 10.7. The number of aromatic nitrogens is 4. The van der Waals surface area contributed by atoms with Crippen LogP contribution >= 0.6 is 0 Å².